The minimum atomic E-state index is -0.877. The molecular weight excluding hydrogens is 345 g/mol. The Balaban J connectivity index is 2.17. The van der Waals surface area contributed by atoms with E-state index in [9.17, 15) is 29.5 Å². The van der Waals surface area contributed by atoms with Crippen molar-refractivity contribution in [2.24, 2.45) is 0 Å². The molecule has 1 aliphatic carbocycles. The average Bonchev–Trinajstić information content (AvgIpc) is 2.85. The van der Waals surface area contributed by atoms with E-state index in [1.54, 1.807) is 6.92 Å². The van der Waals surface area contributed by atoms with Gasteiger partial charge in [0.25, 0.3) is 5.69 Å². The van der Waals surface area contributed by atoms with E-state index in [0.29, 0.717) is 0 Å². The van der Waals surface area contributed by atoms with Crippen molar-refractivity contribution in [3.8, 4) is 17.2 Å². The van der Waals surface area contributed by atoms with Crippen molar-refractivity contribution < 1.29 is 29.1 Å². The lowest BCUT2D eigenvalue weighted by Gasteiger charge is -2.14. The van der Waals surface area contributed by atoms with Crippen LogP contribution in [0.1, 0.15) is 34.3 Å². The number of methoxy groups -OCH3 is 1. The van der Waals surface area contributed by atoms with Gasteiger partial charge < -0.3 is 14.9 Å². The van der Waals surface area contributed by atoms with Crippen LogP contribution in [-0.2, 0) is 0 Å². The normalized spacial score (nSPS) is 17.4. The third kappa shape index (κ3) is 2.55. The molecule has 0 heterocycles. The van der Waals surface area contributed by atoms with Crippen LogP contribution in [0.5, 0.6) is 17.2 Å². The number of carbonyl (C=O) groups excluding carboxylic acids is 1. The summed E-state index contributed by atoms with van der Waals surface area (Å²) in [5.74, 6) is -3.31. The maximum Gasteiger partial charge on any atom is 0.266 e. The largest absolute Gasteiger partial charge is 0.865 e. The Labute approximate surface area is 147 Å². The smallest absolute Gasteiger partial charge is 0.266 e. The molecule has 8 heteroatoms. The lowest BCUT2D eigenvalue weighted by molar-refractivity contribution is -0.398. The van der Waals surface area contributed by atoms with E-state index in [1.165, 1.54) is 19.3 Å². The van der Waals surface area contributed by atoms with Crippen LogP contribution in [0.15, 0.2) is 29.8 Å². The highest BCUT2D eigenvalue weighted by molar-refractivity contribution is 6.18. The molecule has 134 valence electrons. The zero-order chi connectivity index (χ0) is 19.2. The van der Waals surface area contributed by atoms with E-state index < -0.39 is 33.9 Å². The summed E-state index contributed by atoms with van der Waals surface area (Å²) in [5.41, 5.74) is -0.402. The van der Waals surface area contributed by atoms with E-state index in [-0.39, 0.29) is 33.8 Å². The lowest BCUT2D eigenvalue weighted by Crippen LogP contribution is -2.02. The number of benzene rings is 2. The van der Waals surface area contributed by atoms with Crippen LogP contribution in [0.3, 0.4) is 0 Å². The van der Waals surface area contributed by atoms with Crippen molar-refractivity contribution in [3.05, 3.63) is 62.5 Å². The van der Waals surface area contributed by atoms with Crippen LogP contribution in [0.4, 0.5) is 10.1 Å². The summed E-state index contributed by atoms with van der Waals surface area (Å²) >= 11 is 0. The van der Waals surface area contributed by atoms with Gasteiger partial charge in [-0.1, -0.05) is 6.92 Å². The number of Topliss-reactive ketones (excluding diaryl/α,β-unsaturated/α-hetero) is 1. The molecule has 1 N–H and O–H groups in total. The van der Waals surface area contributed by atoms with Gasteiger partial charge in [-0.05, 0) is 29.8 Å². The molecule has 0 saturated carbocycles. The lowest BCUT2D eigenvalue weighted by atomic mass is 9.97. The molecule has 0 amide bonds. The van der Waals surface area contributed by atoms with Crippen molar-refractivity contribution in [3.63, 3.8) is 0 Å². The Hall–Kier alpha value is -3.42. The summed E-state index contributed by atoms with van der Waals surface area (Å²) in [6.45, 7) is 1.59. The van der Waals surface area contributed by atoms with Gasteiger partial charge in [0.05, 0.1) is 17.6 Å². The molecule has 0 aliphatic heterocycles. The fourth-order valence-electron chi connectivity index (χ4n) is 3.09. The summed E-state index contributed by atoms with van der Waals surface area (Å²) in [7, 11) is 1.20. The van der Waals surface area contributed by atoms with E-state index in [2.05, 4.69) is 0 Å². The average molecular weight is 358 g/mol. The van der Waals surface area contributed by atoms with Crippen LogP contribution in [-0.4, -0.2) is 22.9 Å². The van der Waals surface area contributed by atoms with Gasteiger partial charge >= 0.3 is 0 Å². The van der Waals surface area contributed by atoms with Crippen LogP contribution in [0.2, 0.25) is 0 Å². The second-order valence-electron chi connectivity index (χ2n) is 5.83. The highest BCUT2D eigenvalue weighted by Crippen LogP contribution is 2.44. The first-order chi connectivity index (χ1) is 12.3. The monoisotopic (exact) mass is 358 g/mol. The molecule has 2 aromatic rings. The Morgan fingerprint density at radius 2 is 2.04 bits per heavy atom. The number of phenolic OH excluding ortho intramolecular Hbond substituents is 1. The van der Waals surface area contributed by atoms with Crippen molar-refractivity contribution in [2.75, 3.05) is 7.11 Å². The summed E-state index contributed by atoms with van der Waals surface area (Å²) in [6.07, 6.45) is 1.33. The number of fused-ring (bicyclic) bond motifs is 1. The van der Waals surface area contributed by atoms with Crippen LogP contribution >= 0.6 is 0 Å². The highest BCUT2D eigenvalue weighted by Gasteiger charge is 2.36. The maximum atomic E-state index is 14.1. The first-order valence-electron chi connectivity index (χ1n) is 7.57. The molecule has 0 bridgehead atoms. The fourth-order valence-corrected chi connectivity index (χ4v) is 3.09. The minimum Gasteiger partial charge on any atom is -0.865 e. The summed E-state index contributed by atoms with van der Waals surface area (Å²) in [5, 5.41) is 32.8. The molecule has 0 radical (unpaired) electrons. The molecule has 3 rings (SSSR count). The summed E-state index contributed by atoms with van der Waals surface area (Å²) in [4.78, 5) is 22.8. The molecule has 26 heavy (non-hydrogen) atoms. The number of halogens is 1. The molecule has 7 nitrogen and oxygen atoms in total. The number of hydrogen-bond donors (Lipinski definition) is 1. The molecule has 2 aromatic carbocycles. The Bertz CT molecular complexity index is 982. The van der Waals surface area contributed by atoms with Gasteiger partial charge in [-0.25, -0.2) is 4.39 Å². The van der Waals surface area contributed by atoms with E-state index >= 15 is 0 Å². The van der Waals surface area contributed by atoms with Gasteiger partial charge in [0, 0.05) is 28.9 Å². The van der Waals surface area contributed by atoms with Crippen molar-refractivity contribution in [1.82, 2.24) is 0 Å². The van der Waals surface area contributed by atoms with Crippen LogP contribution < -0.4 is 9.84 Å². The number of rotatable bonds is 3. The summed E-state index contributed by atoms with van der Waals surface area (Å²) in [6, 6.07) is 4.46. The quantitative estimate of drug-likeness (QED) is 0.513. The van der Waals surface area contributed by atoms with Gasteiger partial charge in [0.15, 0.2) is 5.78 Å². The number of ether oxygens (including phenoxy) is 1. The predicted molar refractivity (Wildman–Crippen MR) is 87.9 cm³/mol. The Morgan fingerprint density at radius 1 is 1.35 bits per heavy atom. The number of hydrogen-bond acceptors (Lipinski definition) is 6. The number of aromatic hydroxyl groups is 1. The number of phenols is 1. The number of nitrogens with zero attached hydrogens (tertiary/aromatic N) is 1. The third-order valence-corrected chi connectivity index (χ3v) is 4.36. The molecule has 0 spiro atoms. The fraction of sp³-hybridized carbons (Fsp3) is 0.167. The Morgan fingerprint density at radius 3 is 2.62 bits per heavy atom. The van der Waals surface area contributed by atoms with Gasteiger partial charge in [0.1, 0.15) is 17.3 Å². The Kier molecular flexibility index (Phi) is 4.11. The summed E-state index contributed by atoms with van der Waals surface area (Å²) < 4.78 is 19.0. The van der Waals surface area contributed by atoms with Crippen molar-refractivity contribution in [1.29, 1.82) is 0 Å². The van der Waals surface area contributed by atoms with Gasteiger partial charge in [0.2, 0.25) is 0 Å². The number of nitro benzene ring substituents is 1. The molecule has 0 fully saturated rings. The van der Waals surface area contributed by atoms with Crippen LogP contribution in [0.25, 0.3) is 6.08 Å². The van der Waals surface area contributed by atoms with Crippen molar-refractivity contribution >= 4 is 17.5 Å². The standard InChI is InChI=1S/C18H14FNO6/c1-8-10(17(22)16-13(21)4-3-11(19)15(8)16)5-9-6-12(20(24)25)18(23)14(7-9)26-2/h3-8,21,23H,1-2H3/p-1/b10-5-/t8-/m0/s1. The molecule has 0 saturated heterocycles. The molecule has 1 atom stereocenters. The minimum absolute atomic E-state index is 0.0724. The predicted octanol–water partition coefficient (Wildman–Crippen LogP) is 2.91. The number of allylic oxidation sites excluding steroid dienone is 1. The van der Waals surface area contributed by atoms with E-state index in [1.807, 2.05) is 0 Å². The number of carbonyl (C=O) groups is 1. The second kappa shape index (κ2) is 6.14. The van der Waals surface area contributed by atoms with Crippen LogP contribution in [0, 0.1) is 15.9 Å². The topological polar surface area (TPSA) is 113 Å². The van der Waals surface area contributed by atoms with Crippen molar-refractivity contribution in [2.45, 2.75) is 12.8 Å². The third-order valence-electron chi connectivity index (χ3n) is 4.36. The van der Waals surface area contributed by atoms with E-state index in [4.69, 9.17) is 4.74 Å². The first-order valence-corrected chi connectivity index (χ1v) is 7.57. The zero-order valence-electron chi connectivity index (χ0n) is 13.8. The SMILES string of the molecule is COc1cc(/C=C2\C(=O)c3c(O)ccc(F)c3[C@H]2C)cc([N+](=O)[O-])c1[O-]. The number of ketones is 1. The maximum absolute atomic E-state index is 14.1. The molecule has 1 aliphatic rings. The van der Waals surface area contributed by atoms with E-state index in [0.717, 1.165) is 18.2 Å². The molecule has 0 unspecified atom stereocenters. The zero-order valence-corrected chi connectivity index (χ0v) is 13.8. The highest BCUT2D eigenvalue weighted by atomic mass is 19.1. The second-order valence-corrected chi connectivity index (χ2v) is 5.83. The molecule has 0 aromatic heterocycles. The van der Waals surface area contributed by atoms with Gasteiger partial charge in [-0.15, -0.1) is 0 Å². The number of nitro groups is 1. The van der Waals surface area contributed by atoms with Gasteiger partial charge in [-0.2, -0.15) is 0 Å². The molecular formula is C18H13FNO6-. The van der Waals surface area contributed by atoms with Gasteiger partial charge in [-0.3, -0.25) is 14.9 Å². The first kappa shape index (κ1) is 17.4.